The highest BCUT2D eigenvalue weighted by atomic mass is 32.2. The van der Waals surface area contributed by atoms with Crippen molar-refractivity contribution in [3.8, 4) is 0 Å². The summed E-state index contributed by atoms with van der Waals surface area (Å²) < 4.78 is 35.3. The second-order valence-electron chi connectivity index (χ2n) is 4.72. The topological polar surface area (TPSA) is 74.8 Å². The van der Waals surface area contributed by atoms with E-state index in [1.807, 2.05) is 0 Å². The molecular weight excluding hydrogens is 269 g/mol. The van der Waals surface area contributed by atoms with Gasteiger partial charge in [-0.15, -0.1) is 0 Å². The molecule has 0 saturated heterocycles. The molecule has 1 heterocycles. The van der Waals surface area contributed by atoms with E-state index in [4.69, 9.17) is 0 Å². The fraction of sp³-hybridized carbons (Fsp3) is 0.417. The van der Waals surface area contributed by atoms with Gasteiger partial charge in [-0.05, 0) is 25.1 Å². The Balaban J connectivity index is 2.02. The average Bonchev–Trinajstić information content (AvgIpc) is 2.66. The molecule has 2 aromatic rings. The first kappa shape index (κ1) is 14.0. The number of H-pyrrole nitrogens is 1. The Morgan fingerprint density at radius 1 is 1.47 bits per heavy atom. The zero-order valence-electron chi connectivity index (χ0n) is 10.8. The Hall–Kier alpha value is -1.47. The van der Waals surface area contributed by atoms with E-state index in [1.54, 1.807) is 13.0 Å². The first-order valence-corrected chi connectivity index (χ1v) is 7.95. The third-order valence-corrected chi connectivity index (χ3v) is 3.77. The summed E-state index contributed by atoms with van der Waals surface area (Å²) in [6, 6.07) is 4.17. The molecule has 0 spiro atoms. The van der Waals surface area contributed by atoms with Gasteiger partial charge in [0.2, 0.25) is 0 Å². The molecule has 7 heteroatoms. The monoisotopic (exact) mass is 285 g/mol. The molecule has 0 saturated carbocycles. The van der Waals surface area contributed by atoms with Crippen LogP contribution in [0.4, 0.5) is 4.39 Å². The van der Waals surface area contributed by atoms with Crippen molar-refractivity contribution in [2.24, 2.45) is 0 Å². The van der Waals surface area contributed by atoms with Crippen LogP contribution in [0.2, 0.25) is 0 Å². The van der Waals surface area contributed by atoms with Gasteiger partial charge in [-0.25, -0.2) is 17.8 Å². The second-order valence-corrected chi connectivity index (χ2v) is 6.90. The number of aromatic nitrogens is 2. The molecule has 1 atom stereocenters. The van der Waals surface area contributed by atoms with Crippen molar-refractivity contribution >= 4 is 20.9 Å². The van der Waals surface area contributed by atoms with Crippen molar-refractivity contribution in [2.45, 2.75) is 19.5 Å². The van der Waals surface area contributed by atoms with Gasteiger partial charge in [0.1, 0.15) is 21.5 Å². The number of sulfone groups is 1. The number of hydrogen-bond donors (Lipinski definition) is 2. The lowest BCUT2D eigenvalue weighted by Gasteiger charge is -2.10. The number of nitrogens with zero attached hydrogens (tertiary/aromatic N) is 1. The van der Waals surface area contributed by atoms with Crippen LogP contribution in [-0.4, -0.2) is 36.4 Å². The molecule has 19 heavy (non-hydrogen) atoms. The normalized spacial score (nSPS) is 13.8. The van der Waals surface area contributed by atoms with Gasteiger partial charge in [0, 0.05) is 12.3 Å². The largest absolute Gasteiger partial charge is 0.341 e. The molecule has 0 fully saturated rings. The average molecular weight is 285 g/mol. The van der Waals surface area contributed by atoms with Crippen molar-refractivity contribution in [3.63, 3.8) is 0 Å². The van der Waals surface area contributed by atoms with Crippen LogP contribution >= 0.6 is 0 Å². The summed E-state index contributed by atoms with van der Waals surface area (Å²) >= 11 is 0. The van der Waals surface area contributed by atoms with E-state index in [9.17, 15) is 12.8 Å². The standard InChI is InChI=1S/C12H16FN3O2S/c1-8(7-19(2,17)18)14-6-12-15-10-4-3-9(13)5-11(10)16-12/h3-5,8,14H,6-7H2,1-2H3,(H,15,16)/t8-/m1/s1. The molecule has 0 amide bonds. The Bertz CT molecular complexity index is 681. The van der Waals surface area contributed by atoms with Gasteiger partial charge in [0.25, 0.3) is 0 Å². The van der Waals surface area contributed by atoms with Crippen molar-refractivity contribution < 1.29 is 12.8 Å². The maximum Gasteiger partial charge on any atom is 0.148 e. The van der Waals surface area contributed by atoms with Crippen molar-refractivity contribution in [2.75, 3.05) is 12.0 Å². The van der Waals surface area contributed by atoms with E-state index in [0.717, 1.165) is 0 Å². The highest BCUT2D eigenvalue weighted by Crippen LogP contribution is 2.12. The fourth-order valence-electron chi connectivity index (χ4n) is 1.90. The number of rotatable bonds is 5. The zero-order valence-corrected chi connectivity index (χ0v) is 11.6. The summed E-state index contributed by atoms with van der Waals surface area (Å²) in [5, 5.41) is 3.06. The predicted octanol–water partition coefficient (Wildman–Crippen LogP) is 1.22. The third kappa shape index (κ3) is 4.00. The number of nitrogens with one attached hydrogen (secondary N) is 2. The van der Waals surface area contributed by atoms with Gasteiger partial charge in [0.05, 0.1) is 23.3 Å². The van der Waals surface area contributed by atoms with Gasteiger partial charge >= 0.3 is 0 Å². The molecule has 2 N–H and O–H groups in total. The van der Waals surface area contributed by atoms with E-state index in [-0.39, 0.29) is 17.6 Å². The molecule has 0 aliphatic heterocycles. The second kappa shape index (κ2) is 5.26. The predicted molar refractivity (Wildman–Crippen MR) is 72.1 cm³/mol. The molecule has 5 nitrogen and oxygen atoms in total. The van der Waals surface area contributed by atoms with Crippen LogP contribution in [0.1, 0.15) is 12.7 Å². The van der Waals surface area contributed by atoms with Crippen LogP contribution in [0.15, 0.2) is 18.2 Å². The Kier molecular flexibility index (Phi) is 3.86. The highest BCUT2D eigenvalue weighted by Gasteiger charge is 2.11. The maximum absolute atomic E-state index is 13.0. The Morgan fingerprint density at radius 2 is 2.21 bits per heavy atom. The summed E-state index contributed by atoms with van der Waals surface area (Å²) in [6.07, 6.45) is 1.20. The van der Waals surface area contributed by atoms with E-state index in [2.05, 4.69) is 15.3 Å². The van der Waals surface area contributed by atoms with E-state index < -0.39 is 9.84 Å². The summed E-state index contributed by atoms with van der Waals surface area (Å²) in [5.41, 5.74) is 1.32. The minimum atomic E-state index is -3.00. The Labute approximate surface area is 111 Å². The maximum atomic E-state index is 13.0. The molecule has 0 bridgehead atoms. The van der Waals surface area contributed by atoms with Gasteiger partial charge in [0.15, 0.2) is 0 Å². The van der Waals surface area contributed by atoms with Crippen molar-refractivity contribution in [3.05, 3.63) is 29.8 Å². The number of benzene rings is 1. The van der Waals surface area contributed by atoms with Gasteiger partial charge in [-0.3, -0.25) is 0 Å². The number of aromatic amines is 1. The Morgan fingerprint density at radius 3 is 2.89 bits per heavy atom. The zero-order chi connectivity index (χ0) is 14.0. The van der Waals surface area contributed by atoms with Crippen LogP contribution in [0.25, 0.3) is 11.0 Å². The molecule has 2 rings (SSSR count). The smallest absolute Gasteiger partial charge is 0.148 e. The van der Waals surface area contributed by atoms with Gasteiger partial charge < -0.3 is 10.3 Å². The SMILES string of the molecule is C[C@H](CS(C)(=O)=O)NCc1nc2ccc(F)cc2[nH]1. The third-order valence-electron chi connectivity index (χ3n) is 2.66. The number of imidazole rings is 1. The molecule has 0 unspecified atom stereocenters. The minimum absolute atomic E-state index is 0.0713. The molecule has 1 aromatic carbocycles. The molecule has 0 radical (unpaired) electrons. The summed E-state index contributed by atoms with van der Waals surface area (Å²) in [5.74, 6) is 0.407. The summed E-state index contributed by atoms with van der Waals surface area (Å²) in [4.78, 5) is 7.28. The van der Waals surface area contributed by atoms with Crippen LogP contribution in [-0.2, 0) is 16.4 Å². The van der Waals surface area contributed by atoms with Gasteiger partial charge in [-0.1, -0.05) is 0 Å². The van der Waals surface area contributed by atoms with Crippen molar-refractivity contribution in [1.29, 1.82) is 0 Å². The minimum Gasteiger partial charge on any atom is -0.341 e. The van der Waals surface area contributed by atoms with E-state index in [1.165, 1.54) is 18.4 Å². The van der Waals surface area contributed by atoms with Crippen LogP contribution in [0.5, 0.6) is 0 Å². The lowest BCUT2D eigenvalue weighted by atomic mass is 10.3. The lowest BCUT2D eigenvalue weighted by Crippen LogP contribution is -2.32. The van der Waals surface area contributed by atoms with E-state index in [0.29, 0.717) is 23.4 Å². The first-order valence-electron chi connectivity index (χ1n) is 5.89. The van der Waals surface area contributed by atoms with Crippen molar-refractivity contribution in [1.82, 2.24) is 15.3 Å². The number of fused-ring (bicyclic) bond motifs is 1. The molecule has 1 aromatic heterocycles. The van der Waals surface area contributed by atoms with E-state index >= 15 is 0 Å². The molecule has 0 aliphatic carbocycles. The molecular formula is C12H16FN3O2S. The van der Waals surface area contributed by atoms with Crippen LogP contribution in [0.3, 0.4) is 0 Å². The fourth-order valence-corrected chi connectivity index (χ4v) is 2.93. The highest BCUT2D eigenvalue weighted by molar-refractivity contribution is 7.90. The quantitative estimate of drug-likeness (QED) is 0.866. The van der Waals surface area contributed by atoms with Crippen LogP contribution in [0, 0.1) is 5.82 Å². The number of hydrogen-bond acceptors (Lipinski definition) is 4. The lowest BCUT2D eigenvalue weighted by molar-refractivity contribution is 0.553. The number of halogens is 1. The summed E-state index contributed by atoms with van der Waals surface area (Å²) in [6.45, 7) is 2.20. The summed E-state index contributed by atoms with van der Waals surface area (Å²) in [7, 11) is -3.00. The van der Waals surface area contributed by atoms with Crippen LogP contribution < -0.4 is 5.32 Å². The molecule has 0 aliphatic rings. The van der Waals surface area contributed by atoms with Gasteiger partial charge in [-0.2, -0.15) is 0 Å². The molecule has 104 valence electrons. The first-order chi connectivity index (χ1) is 8.83.